The summed E-state index contributed by atoms with van der Waals surface area (Å²) < 4.78 is 4.24. The summed E-state index contributed by atoms with van der Waals surface area (Å²) in [7, 11) is 0. The molecule has 0 atom stereocenters. The molecule has 0 amide bonds. The van der Waals surface area contributed by atoms with Crippen molar-refractivity contribution in [3.63, 3.8) is 0 Å². The molecule has 1 aliphatic rings. The maximum atomic E-state index is 9.23. The zero-order chi connectivity index (χ0) is 12.3. The fraction of sp³-hybridized carbons (Fsp3) is 0.727. The van der Waals surface area contributed by atoms with Crippen LogP contribution < -0.4 is 10.6 Å². The Morgan fingerprint density at radius 1 is 1.53 bits per heavy atom. The summed E-state index contributed by atoms with van der Waals surface area (Å²) in [5.74, 6) is 0.624. The third-order valence-electron chi connectivity index (χ3n) is 3.23. The van der Waals surface area contributed by atoms with E-state index in [0.717, 1.165) is 9.90 Å². The number of anilines is 2. The summed E-state index contributed by atoms with van der Waals surface area (Å²) in [5, 5.41) is 10.4. The Kier molecular flexibility index (Phi) is 4.53. The molecule has 96 valence electrons. The van der Waals surface area contributed by atoms with Crippen LogP contribution in [-0.2, 0) is 0 Å². The second-order valence-corrected chi connectivity index (χ2v) is 5.83. The monoisotopic (exact) mass is 273 g/mol. The van der Waals surface area contributed by atoms with Gasteiger partial charge in [0.2, 0.25) is 0 Å². The first kappa shape index (κ1) is 13.0. The number of aliphatic hydroxyl groups is 1. The normalized spacial score (nSPS) is 16.6. The summed E-state index contributed by atoms with van der Waals surface area (Å²) in [6.45, 7) is 0.863. The molecule has 0 unspecified atom stereocenters. The molecule has 1 saturated carbocycles. The predicted molar refractivity (Wildman–Crippen MR) is 75.0 cm³/mol. The third-order valence-corrected chi connectivity index (χ3v) is 5.07. The van der Waals surface area contributed by atoms with Crippen molar-refractivity contribution in [3.8, 4) is 0 Å². The van der Waals surface area contributed by atoms with Gasteiger partial charge in [-0.3, -0.25) is 0 Å². The number of hydrogen-bond donors (Lipinski definition) is 2. The second kappa shape index (κ2) is 5.93. The lowest BCUT2D eigenvalue weighted by molar-refractivity contribution is 0.297. The highest BCUT2D eigenvalue weighted by molar-refractivity contribution is 7.99. The molecule has 1 fully saturated rings. The quantitative estimate of drug-likeness (QED) is 0.805. The number of nitrogen functional groups attached to an aromatic ring is 1. The molecular weight excluding hydrogens is 254 g/mol. The zero-order valence-electron chi connectivity index (χ0n) is 10.1. The van der Waals surface area contributed by atoms with Gasteiger partial charge in [0.25, 0.3) is 0 Å². The molecule has 0 saturated heterocycles. The van der Waals surface area contributed by atoms with E-state index in [4.69, 9.17) is 5.73 Å². The maximum Gasteiger partial charge on any atom is 0.153 e. The molecular formula is C11H19N3OS2. The Bertz CT molecular complexity index is 364. The van der Waals surface area contributed by atoms with Gasteiger partial charge in [-0.1, -0.05) is 12.8 Å². The van der Waals surface area contributed by atoms with Crippen molar-refractivity contribution in [3.05, 3.63) is 0 Å². The molecule has 1 aromatic rings. The van der Waals surface area contributed by atoms with Gasteiger partial charge in [-0.15, -0.1) is 11.8 Å². The minimum Gasteiger partial charge on any atom is -0.395 e. The minimum absolute atomic E-state index is 0.183. The van der Waals surface area contributed by atoms with Gasteiger partial charge in [-0.25, -0.2) is 0 Å². The Labute approximate surface area is 110 Å². The lowest BCUT2D eigenvalue weighted by Gasteiger charge is -2.29. The SMILES string of the molecule is CSc1c(N)nsc1N(CCO)C1CCCC1. The minimum atomic E-state index is 0.183. The standard InChI is InChI=1S/C11H19N3OS2/c1-16-9-10(12)13-17-11(9)14(6-7-15)8-4-2-3-5-8/h8,15H,2-7H2,1H3,(H2,12,13). The van der Waals surface area contributed by atoms with E-state index in [1.807, 2.05) is 6.26 Å². The van der Waals surface area contributed by atoms with Crippen molar-refractivity contribution < 1.29 is 5.11 Å². The second-order valence-electron chi connectivity index (χ2n) is 4.26. The van der Waals surface area contributed by atoms with Gasteiger partial charge in [0, 0.05) is 12.6 Å². The Morgan fingerprint density at radius 2 is 2.24 bits per heavy atom. The van der Waals surface area contributed by atoms with E-state index in [0.29, 0.717) is 18.4 Å². The van der Waals surface area contributed by atoms with E-state index >= 15 is 0 Å². The lowest BCUT2D eigenvalue weighted by atomic mass is 10.2. The molecule has 0 spiro atoms. The van der Waals surface area contributed by atoms with Gasteiger partial charge >= 0.3 is 0 Å². The number of nitrogens with zero attached hydrogens (tertiary/aromatic N) is 2. The van der Waals surface area contributed by atoms with Gasteiger partial charge < -0.3 is 15.7 Å². The topological polar surface area (TPSA) is 62.4 Å². The van der Waals surface area contributed by atoms with Crippen molar-refractivity contribution in [1.29, 1.82) is 0 Å². The lowest BCUT2D eigenvalue weighted by Crippen LogP contribution is -2.35. The Hall–Kier alpha value is -0.460. The van der Waals surface area contributed by atoms with E-state index in [1.54, 1.807) is 11.8 Å². The van der Waals surface area contributed by atoms with Gasteiger partial charge in [0.05, 0.1) is 11.5 Å². The maximum absolute atomic E-state index is 9.23. The van der Waals surface area contributed by atoms with Crippen molar-refractivity contribution >= 4 is 34.1 Å². The van der Waals surface area contributed by atoms with Crippen LogP contribution in [0.15, 0.2) is 4.90 Å². The number of rotatable bonds is 5. The van der Waals surface area contributed by atoms with Crippen LogP contribution in [0.5, 0.6) is 0 Å². The number of thioether (sulfide) groups is 1. The first-order chi connectivity index (χ1) is 8.27. The molecule has 4 nitrogen and oxygen atoms in total. The molecule has 17 heavy (non-hydrogen) atoms. The van der Waals surface area contributed by atoms with Gasteiger partial charge in [0.15, 0.2) is 5.82 Å². The van der Waals surface area contributed by atoms with Crippen LogP contribution in [0.25, 0.3) is 0 Å². The summed E-state index contributed by atoms with van der Waals surface area (Å²) in [6.07, 6.45) is 7.03. The van der Waals surface area contributed by atoms with Crippen molar-refractivity contribution in [2.24, 2.45) is 0 Å². The molecule has 6 heteroatoms. The molecule has 3 N–H and O–H groups in total. The molecule has 1 aliphatic carbocycles. The first-order valence-electron chi connectivity index (χ1n) is 5.94. The number of nitrogens with two attached hydrogens (primary N) is 1. The number of aliphatic hydroxyl groups excluding tert-OH is 1. The average Bonchev–Trinajstić information content (AvgIpc) is 2.95. The number of aromatic nitrogens is 1. The van der Waals surface area contributed by atoms with Crippen LogP contribution in [0.2, 0.25) is 0 Å². The van der Waals surface area contributed by atoms with Crippen molar-refractivity contribution in [2.75, 3.05) is 30.0 Å². The van der Waals surface area contributed by atoms with Crippen molar-refractivity contribution in [1.82, 2.24) is 4.37 Å². The van der Waals surface area contributed by atoms with Crippen LogP contribution >= 0.6 is 23.3 Å². The van der Waals surface area contributed by atoms with E-state index < -0.39 is 0 Å². The van der Waals surface area contributed by atoms with E-state index in [9.17, 15) is 5.11 Å². The van der Waals surface area contributed by atoms with E-state index in [2.05, 4.69) is 9.27 Å². The number of hydrogen-bond acceptors (Lipinski definition) is 6. The highest BCUT2D eigenvalue weighted by Crippen LogP contribution is 2.40. The van der Waals surface area contributed by atoms with E-state index in [1.165, 1.54) is 37.2 Å². The van der Waals surface area contributed by atoms with Crippen LogP contribution in [0, 0.1) is 0 Å². The molecule has 0 aliphatic heterocycles. The molecule has 1 aromatic heterocycles. The van der Waals surface area contributed by atoms with Gasteiger partial charge in [0.1, 0.15) is 5.00 Å². The third kappa shape index (κ3) is 2.69. The van der Waals surface area contributed by atoms with Gasteiger partial charge in [-0.05, 0) is 30.6 Å². The summed E-state index contributed by atoms with van der Waals surface area (Å²) in [5.41, 5.74) is 5.87. The molecule has 2 rings (SSSR count). The van der Waals surface area contributed by atoms with Crippen LogP contribution in [0.1, 0.15) is 25.7 Å². The Balaban J connectivity index is 2.24. The zero-order valence-corrected chi connectivity index (χ0v) is 11.7. The predicted octanol–water partition coefficient (Wildman–Crippen LogP) is 2.19. The van der Waals surface area contributed by atoms with Crippen molar-refractivity contribution in [2.45, 2.75) is 36.6 Å². The highest BCUT2D eigenvalue weighted by atomic mass is 32.2. The summed E-state index contributed by atoms with van der Waals surface area (Å²) in [6, 6.07) is 0.549. The molecule has 0 radical (unpaired) electrons. The van der Waals surface area contributed by atoms with Crippen LogP contribution in [0.3, 0.4) is 0 Å². The molecule has 0 bridgehead atoms. The highest BCUT2D eigenvalue weighted by Gasteiger charge is 2.26. The van der Waals surface area contributed by atoms with Crippen LogP contribution in [-0.4, -0.2) is 34.9 Å². The first-order valence-corrected chi connectivity index (χ1v) is 7.94. The average molecular weight is 273 g/mol. The van der Waals surface area contributed by atoms with Crippen LogP contribution in [0.4, 0.5) is 10.8 Å². The van der Waals surface area contributed by atoms with Gasteiger partial charge in [-0.2, -0.15) is 4.37 Å². The molecule has 0 aromatic carbocycles. The Morgan fingerprint density at radius 3 is 2.82 bits per heavy atom. The van der Waals surface area contributed by atoms with E-state index in [-0.39, 0.29) is 6.61 Å². The molecule has 1 heterocycles. The smallest absolute Gasteiger partial charge is 0.153 e. The fourth-order valence-electron chi connectivity index (χ4n) is 2.43. The largest absolute Gasteiger partial charge is 0.395 e. The summed E-state index contributed by atoms with van der Waals surface area (Å²) in [4.78, 5) is 3.36. The summed E-state index contributed by atoms with van der Waals surface area (Å²) >= 11 is 3.10. The fourth-order valence-corrected chi connectivity index (χ4v) is 4.21.